The molecule has 42 heavy (non-hydrogen) atoms. The van der Waals surface area contributed by atoms with Gasteiger partial charge in [-0.2, -0.15) is 0 Å². The highest BCUT2D eigenvalue weighted by atomic mass is 19.1. The van der Waals surface area contributed by atoms with Crippen LogP contribution in [0, 0.1) is 12.7 Å². The van der Waals surface area contributed by atoms with Crippen molar-refractivity contribution in [2.45, 2.75) is 45.8 Å². The number of hydrogen-bond donors (Lipinski definition) is 0. The predicted molar refractivity (Wildman–Crippen MR) is 169 cm³/mol. The van der Waals surface area contributed by atoms with Gasteiger partial charge in [-0.05, 0) is 110 Å². The lowest BCUT2D eigenvalue weighted by atomic mass is 10.1. The van der Waals surface area contributed by atoms with Gasteiger partial charge in [-0.15, -0.1) is 0 Å². The first-order valence-electron chi connectivity index (χ1n) is 15.1. The molecule has 4 nitrogen and oxygen atoms in total. The maximum atomic E-state index is 13.8. The maximum Gasteiger partial charge on any atom is 0.123 e. The van der Waals surface area contributed by atoms with Gasteiger partial charge in [0, 0.05) is 24.0 Å². The van der Waals surface area contributed by atoms with E-state index in [1.54, 1.807) is 0 Å². The van der Waals surface area contributed by atoms with Crippen LogP contribution >= 0.6 is 0 Å². The van der Waals surface area contributed by atoms with Gasteiger partial charge in [-0.1, -0.05) is 55.3 Å². The lowest BCUT2D eigenvalue weighted by Crippen LogP contribution is -2.29. The Morgan fingerprint density at radius 2 is 1.43 bits per heavy atom. The Labute approximate surface area is 248 Å². The molecule has 1 aromatic heterocycles. The van der Waals surface area contributed by atoms with Crippen molar-refractivity contribution in [1.82, 2.24) is 9.47 Å². The van der Waals surface area contributed by atoms with Crippen LogP contribution in [0.15, 0.2) is 97.1 Å². The molecule has 0 amide bonds. The Morgan fingerprint density at radius 1 is 0.714 bits per heavy atom. The molecule has 5 heteroatoms. The third-order valence-corrected chi connectivity index (χ3v) is 8.29. The van der Waals surface area contributed by atoms with Gasteiger partial charge < -0.3 is 14.0 Å². The second-order valence-corrected chi connectivity index (χ2v) is 11.3. The Kier molecular flexibility index (Phi) is 8.86. The van der Waals surface area contributed by atoms with E-state index in [4.69, 9.17) is 9.47 Å². The molecule has 4 aromatic carbocycles. The van der Waals surface area contributed by atoms with Crippen molar-refractivity contribution in [3.63, 3.8) is 0 Å². The normalized spacial score (nSPS) is 14.1. The van der Waals surface area contributed by atoms with Crippen LogP contribution in [0.2, 0.25) is 0 Å². The highest BCUT2D eigenvalue weighted by Gasteiger charge is 2.17. The third-order valence-electron chi connectivity index (χ3n) is 8.29. The fraction of sp³-hybridized carbons (Fsp3) is 0.297. The summed E-state index contributed by atoms with van der Waals surface area (Å²) in [6.07, 6.45) is 5.29. The van der Waals surface area contributed by atoms with E-state index in [9.17, 15) is 4.39 Å². The zero-order valence-corrected chi connectivity index (χ0v) is 24.4. The number of rotatable bonds is 10. The number of fused-ring (bicyclic) bond motifs is 1. The fourth-order valence-corrected chi connectivity index (χ4v) is 6.00. The summed E-state index contributed by atoms with van der Waals surface area (Å²) in [6, 6.07) is 31.7. The molecule has 0 atom stereocenters. The number of likely N-dealkylation sites (tertiary alicyclic amines) is 1. The molecular weight excluding hydrogens is 523 g/mol. The quantitative estimate of drug-likeness (QED) is 0.170. The summed E-state index contributed by atoms with van der Waals surface area (Å²) in [7, 11) is 0. The predicted octanol–water partition coefficient (Wildman–Crippen LogP) is 8.64. The van der Waals surface area contributed by atoms with Gasteiger partial charge in [0.15, 0.2) is 0 Å². The first kappa shape index (κ1) is 28.0. The van der Waals surface area contributed by atoms with Gasteiger partial charge in [0.25, 0.3) is 0 Å². The summed E-state index contributed by atoms with van der Waals surface area (Å²) in [6.45, 7) is 7.41. The summed E-state index contributed by atoms with van der Waals surface area (Å²) in [5, 5.41) is 1.13. The summed E-state index contributed by atoms with van der Waals surface area (Å²) in [5.74, 6) is 1.50. The second-order valence-electron chi connectivity index (χ2n) is 11.3. The highest BCUT2D eigenvalue weighted by Crippen LogP contribution is 2.36. The molecule has 1 saturated heterocycles. The third kappa shape index (κ3) is 6.69. The van der Waals surface area contributed by atoms with Crippen LogP contribution in [0.4, 0.5) is 4.39 Å². The summed E-state index contributed by atoms with van der Waals surface area (Å²) >= 11 is 0. The van der Waals surface area contributed by atoms with Gasteiger partial charge in [-0.25, -0.2) is 4.39 Å². The van der Waals surface area contributed by atoms with Crippen LogP contribution in [0.3, 0.4) is 0 Å². The van der Waals surface area contributed by atoms with E-state index in [-0.39, 0.29) is 5.82 Å². The van der Waals surface area contributed by atoms with Crippen molar-refractivity contribution >= 4 is 10.9 Å². The number of hydrogen-bond acceptors (Lipinski definition) is 3. The summed E-state index contributed by atoms with van der Waals surface area (Å²) in [5.41, 5.74) is 6.66. The first-order valence-corrected chi connectivity index (χ1v) is 15.1. The number of aryl methyl sites for hydroxylation is 1. The van der Waals surface area contributed by atoms with Gasteiger partial charge in [0.05, 0.1) is 5.69 Å². The molecule has 0 aliphatic carbocycles. The molecule has 2 heterocycles. The molecule has 1 fully saturated rings. The van der Waals surface area contributed by atoms with Gasteiger partial charge in [-0.3, -0.25) is 4.90 Å². The van der Waals surface area contributed by atoms with Crippen LogP contribution in [0.25, 0.3) is 22.2 Å². The van der Waals surface area contributed by atoms with E-state index < -0.39 is 0 Å². The molecule has 0 N–H and O–H groups in total. The molecule has 0 unspecified atom stereocenters. The van der Waals surface area contributed by atoms with Crippen molar-refractivity contribution in [2.75, 3.05) is 26.2 Å². The number of halogens is 1. The monoisotopic (exact) mass is 562 g/mol. The van der Waals surface area contributed by atoms with E-state index in [1.807, 2.05) is 36.4 Å². The van der Waals surface area contributed by atoms with Crippen molar-refractivity contribution in [2.24, 2.45) is 0 Å². The van der Waals surface area contributed by atoms with Crippen LogP contribution < -0.4 is 9.47 Å². The minimum Gasteiger partial charge on any atom is -0.492 e. The lowest BCUT2D eigenvalue weighted by Gasteiger charge is -2.19. The Hall–Kier alpha value is -4.09. The summed E-state index contributed by atoms with van der Waals surface area (Å²) in [4.78, 5) is 2.52. The second kappa shape index (κ2) is 13.3. The Balaban J connectivity index is 1.22. The molecule has 0 radical (unpaired) electrons. The van der Waals surface area contributed by atoms with Crippen molar-refractivity contribution in [1.29, 1.82) is 0 Å². The molecule has 5 aromatic rings. The standard InChI is InChI=1S/C37H39FN2O2/c1-28-35-25-34(42-27-30-9-5-4-6-10-30)19-20-36(35)40(37(28)31-13-15-32(38)16-14-31)26-29-11-17-33(18-12-29)41-24-23-39-21-7-2-3-8-22-39/h4-6,9-20,25H,2-3,7-8,21-24,26-27H2,1H3. The van der Waals surface area contributed by atoms with Gasteiger partial charge in [0.2, 0.25) is 0 Å². The van der Waals surface area contributed by atoms with E-state index in [2.05, 4.69) is 64.9 Å². The topological polar surface area (TPSA) is 26.6 Å². The molecule has 216 valence electrons. The molecule has 0 bridgehead atoms. The van der Waals surface area contributed by atoms with Crippen molar-refractivity contribution < 1.29 is 13.9 Å². The van der Waals surface area contributed by atoms with Crippen molar-refractivity contribution in [3.05, 3.63) is 120 Å². The number of benzene rings is 4. The van der Waals surface area contributed by atoms with Crippen LogP contribution in [-0.2, 0) is 13.2 Å². The summed E-state index contributed by atoms with van der Waals surface area (Å²) < 4.78 is 28.4. The molecule has 0 spiro atoms. The number of nitrogens with zero attached hydrogens (tertiary/aromatic N) is 2. The minimum absolute atomic E-state index is 0.234. The van der Waals surface area contributed by atoms with Crippen LogP contribution in [0.5, 0.6) is 11.5 Å². The zero-order chi connectivity index (χ0) is 28.7. The highest BCUT2D eigenvalue weighted by molar-refractivity contribution is 5.92. The van der Waals surface area contributed by atoms with E-state index >= 15 is 0 Å². The number of aromatic nitrogens is 1. The lowest BCUT2D eigenvalue weighted by molar-refractivity contribution is 0.214. The van der Waals surface area contributed by atoms with Gasteiger partial charge >= 0.3 is 0 Å². The molecule has 0 saturated carbocycles. The van der Waals surface area contributed by atoms with Crippen LogP contribution in [0.1, 0.15) is 42.4 Å². The molecule has 6 rings (SSSR count). The largest absolute Gasteiger partial charge is 0.492 e. The molecule has 1 aliphatic heterocycles. The minimum atomic E-state index is -0.234. The Morgan fingerprint density at radius 3 is 2.17 bits per heavy atom. The van der Waals surface area contributed by atoms with Gasteiger partial charge in [0.1, 0.15) is 30.5 Å². The van der Waals surface area contributed by atoms with E-state index in [0.717, 1.165) is 51.3 Å². The molecular formula is C37H39FN2O2. The number of ether oxygens (including phenoxy) is 2. The maximum absolute atomic E-state index is 13.8. The van der Waals surface area contributed by atoms with Crippen LogP contribution in [-0.4, -0.2) is 35.7 Å². The fourth-order valence-electron chi connectivity index (χ4n) is 6.00. The van der Waals surface area contributed by atoms with Crippen molar-refractivity contribution in [3.8, 4) is 22.8 Å². The average molecular weight is 563 g/mol. The average Bonchev–Trinajstić information content (AvgIpc) is 3.16. The SMILES string of the molecule is Cc1c(-c2ccc(F)cc2)n(Cc2ccc(OCCN3CCCCCC3)cc2)c2ccc(OCc3ccccc3)cc12. The van der Waals surface area contributed by atoms with E-state index in [1.165, 1.54) is 56.5 Å². The smallest absolute Gasteiger partial charge is 0.123 e. The molecule has 1 aliphatic rings. The Bertz CT molecular complexity index is 1590. The zero-order valence-electron chi connectivity index (χ0n) is 24.4. The first-order chi connectivity index (χ1) is 20.6. The van der Waals surface area contributed by atoms with E-state index in [0.29, 0.717) is 19.8 Å².